The fourth-order valence-electron chi connectivity index (χ4n) is 1.51. The maximum absolute atomic E-state index is 9.27. The molecule has 0 aliphatic rings. The minimum absolute atomic E-state index is 0.0375. The topological polar surface area (TPSA) is 38.0 Å². The molecule has 1 heterocycles. The average molecular weight is 231 g/mol. The largest absolute Gasteiger partial charge is 0.391 e. The van der Waals surface area contributed by atoms with Crippen molar-refractivity contribution < 1.29 is 5.11 Å². The van der Waals surface area contributed by atoms with Crippen LogP contribution in [0.4, 0.5) is 0 Å². The predicted molar refractivity (Wildman–Crippen MR) is 62.2 cm³/mol. The first-order chi connectivity index (χ1) is 6.91. The Balaban J connectivity index is 3.21. The number of aryl methyl sites for hydroxylation is 1. The average Bonchev–Trinajstić information content (AvgIpc) is 2.42. The second-order valence-electron chi connectivity index (χ2n) is 4.71. The molecule has 0 aliphatic heterocycles. The van der Waals surface area contributed by atoms with Gasteiger partial charge in [-0.2, -0.15) is 5.10 Å². The highest BCUT2D eigenvalue weighted by atomic mass is 35.5. The van der Waals surface area contributed by atoms with E-state index in [1.54, 1.807) is 4.68 Å². The Kier molecular flexibility index (Phi) is 3.79. The van der Waals surface area contributed by atoms with Crippen LogP contribution in [0.1, 0.15) is 45.4 Å². The molecule has 1 N–H and O–H groups in total. The summed E-state index contributed by atoms with van der Waals surface area (Å²) in [5.41, 5.74) is 1.54. The van der Waals surface area contributed by atoms with Gasteiger partial charge in [0.1, 0.15) is 5.15 Å². The van der Waals surface area contributed by atoms with Crippen molar-refractivity contribution in [1.82, 2.24) is 9.78 Å². The summed E-state index contributed by atoms with van der Waals surface area (Å²) in [6, 6.07) is 0. The first-order valence-corrected chi connectivity index (χ1v) is 5.67. The van der Waals surface area contributed by atoms with Crippen molar-refractivity contribution >= 4 is 11.6 Å². The van der Waals surface area contributed by atoms with Gasteiger partial charge in [-0.05, 0) is 27.2 Å². The summed E-state index contributed by atoms with van der Waals surface area (Å²) in [7, 11) is 0. The third-order valence-corrected chi connectivity index (χ3v) is 2.67. The molecule has 86 valence electrons. The Hall–Kier alpha value is -0.540. The smallest absolute Gasteiger partial charge is 0.133 e. The Morgan fingerprint density at radius 3 is 2.40 bits per heavy atom. The number of halogens is 1. The van der Waals surface area contributed by atoms with Gasteiger partial charge in [0.25, 0.3) is 0 Å². The second-order valence-corrected chi connectivity index (χ2v) is 5.06. The lowest BCUT2D eigenvalue weighted by molar-refractivity contribution is 0.280. The molecule has 0 aliphatic carbocycles. The number of hydrogen-bond donors (Lipinski definition) is 1. The molecule has 0 saturated carbocycles. The predicted octanol–water partition coefficient (Wildman–Crippen LogP) is 2.74. The van der Waals surface area contributed by atoms with Crippen LogP contribution in [0.25, 0.3) is 0 Å². The van der Waals surface area contributed by atoms with Crippen LogP contribution in [-0.4, -0.2) is 14.9 Å². The zero-order valence-corrected chi connectivity index (χ0v) is 10.6. The summed E-state index contributed by atoms with van der Waals surface area (Å²) in [4.78, 5) is 0. The summed E-state index contributed by atoms with van der Waals surface area (Å²) in [6.45, 7) is 8.18. The lowest BCUT2D eigenvalue weighted by Crippen LogP contribution is -2.23. The summed E-state index contributed by atoms with van der Waals surface area (Å²) >= 11 is 6.19. The first-order valence-electron chi connectivity index (χ1n) is 5.29. The lowest BCUT2D eigenvalue weighted by atomic mass is 10.1. The number of aliphatic hydroxyl groups excluding tert-OH is 1. The molecule has 0 radical (unpaired) electrons. The molecule has 0 amide bonds. The maximum Gasteiger partial charge on any atom is 0.133 e. The van der Waals surface area contributed by atoms with Crippen molar-refractivity contribution in [3.8, 4) is 0 Å². The molecule has 0 atom stereocenters. The Bertz CT molecular complexity index is 339. The summed E-state index contributed by atoms with van der Waals surface area (Å²) in [6.07, 6.45) is 1.86. The van der Waals surface area contributed by atoms with Crippen LogP contribution in [0, 0.1) is 0 Å². The molecule has 15 heavy (non-hydrogen) atoms. The lowest BCUT2D eigenvalue weighted by Gasteiger charge is -2.20. The van der Waals surface area contributed by atoms with Gasteiger partial charge in [-0.3, -0.25) is 0 Å². The van der Waals surface area contributed by atoms with Crippen molar-refractivity contribution in [3.63, 3.8) is 0 Å². The molecule has 0 fully saturated rings. The second kappa shape index (κ2) is 4.54. The molecule has 0 spiro atoms. The molecular weight excluding hydrogens is 212 g/mol. The number of rotatable bonds is 3. The van der Waals surface area contributed by atoms with Crippen LogP contribution < -0.4 is 0 Å². The highest BCUT2D eigenvalue weighted by Gasteiger charge is 2.22. The van der Waals surface area contributed by atoms with Gasteiger partial charge >= 0.3 is 0 Å². The minimum atomic E-state index is -0.146. The zero-order chi connectivity index (χ0) is 11.6. The van der Waals surface area contributed by atoms with E-state index < -0.39 is 0 Å². The van der Waals surface area contributed by atoms with E-state index in [-0.39, 0.29) is 12.1 Å². The monoisotopic (exact) mass is 230 g/mol. The van der Waals surface area contributed by atoms with Crippen molar-refractivity contribution in [2.75, 3.05) is 0 Å². The van der Waals surface area contributed by atoms with E-state index in [1.807, 2.05) is 20.8 Å². The van der Waals surface area contributed by atoms with E-state index in [2.05, 4.69) is 12.0 Å². The van der Waals surface area contributed by atoms with Gasteiger partial charge in [0.2, 0.25) is 0 Å². The standard InChI is InChI=1S/C11H19ClN2O/c1-5-6-9-8(7-15)10(12)14(13-9)11(2,3)4/h15H,5-7H2,1-4H3. The van der Waals surface area contributed by atoms with Crippen LogP contribution in [0.5, 0.6) is 0 Å². The number of nitrogens with zero attached hydrogens (tertiary/aromatic N) is 2. The Morgan fingerprint density at radius 1 is 1.40 bits per heavy atom. The highest BCUT2D eigenvalue weighted by Crippen LogP contribution is 2.27. The maximum atomic E-state index is 9.27. The van der Waals surface area contributed by atoms with Crippen LogP contribution in [0.2, 0.25) is 5.15 Å². The van der Waals surface area contributed by atoms with Gasteiger partial charge in [0.05, 0.1) is 17.8 Å². The normalized spacial score (nSPS) is 12.1. The Labute approximate surface area is 96.1 Å². The molecule has 0 bridgehead atoms. The summed E-state index contributed by atoms with van der Waals surface area (Å²) < 4.78 is 1.78. The number of aromatic nitrogens is 2. The van der Waals surface area contributed by atoms with Crippen molar-refractivity contribution in [3.05, 3.63) is 16.4 Å². The Morgan fingerprint density at radius 2 is 2.00 bits per heavy atom. The van der Waals surface area contributed by atoms with Gasteiger partial charge in [0, 0.05) is 5.56 Å². The van der Waals surface area contributed by atoms with Crippen LogP contribution in [-0.2, 0) is 18.6 Å². The fourth-order valence-corrected chi connectivity index (χ4v) is 1.97. The number of hydrogen-bond acceptors (Lipinski definition) is 2. The molecule has 4 heteroatoms. The molecule has 1 aromatic rings. The molecule has 0 saturated heterocycles. The quantitative estimate of drug-likeness (QED) is 0.867. The molecule has 0 aromatic carbocycles. The first kappa shape index (κ1) is 12.5. The van der Waals surface area contributed by atoms with Crippen molar-refractivity contribution in [1.29, 1.82) is 0 Å². The third kappa shape index (κ3) is 2.52. The molecule has 0 unspecified atom stereocenters. The molecular formula is C11H19ClN2O. The van der Waals surface area contributed by atoms with Crippen LogP contribution in [0.3, 0.4) is 0 Å². The van der Waals surface area contributed by atoms with Crippen LogP contribution >= 0.6 is 11.6 Å². The third-order valence-electron chi connectivity index (χ3n) is 2.28. The summed E-state index contributed by atoms with van der Waals surface area (Å²) in [5.74, 6) is 0. The van der Waals surface area contributed by atoms with Gasteiger partial charge in [-0.25, -0.2) is 4.68 Å². The van der Waals surface area contributed by atoms with Crippen molar-refractivity contribution in [2.45, 2.75) is 52.7 Å². The SMILES string of the molecule is CCCc1nn(C(C)(C)C)c(Cl)c1CO. The van der Waals surface area contributed by atoms with E-state index in [9.17, 15) is 5.11 Å². The van der Waals surface area contributed by atoms with Gasteiger partial charge in [-0.1, -0.05) is 24.9 Å². The van der Waals surface area contributed by atoms with E-state index in [0.717, 1.165) is 24.1 Å². The fraction of sp³-hybridized carbons (Fsp3) is 0.727. The van der Waals surface area contributed by atoms with E-state index in [0.29, 0.717) is 5.15 Å². The summed E-state index contributed by atoms with van der Waals surface area (Å²) in [5, 5.41) is 14.3. The molecule has 1 rings (SSSR count). The number of aliphatic hydroxyl groups is 1. The van der Waals surface area contributed by atoms with Crippen LogP contribution in [0.15, 0.2) is 0 Å². The van der Waals surface area contributed by atoms with E-state index >= 15 is 0 Å². The van der Waals surface area contributed by atoms with E-state index in [4.69, 9.17) is 11.6 Å². The zero-order valence-electron chi connectivity index (χ0n) is 9.84. The van der Waals surface area contributed by atoms with Gasteiger partial charge in [0.15, 0.2) is 0 Å². The van der Waals surface area contributed by atoms with Crippen molar-refractivity contribution in [2.24, 2.45) is 0 Å². The molecule has 1 aromatic heterocycles. The highest BCUT2D eigenvalue weighted by molar-refractivity contribution is 6.30. The minimum Gasteiger partial charge on any atom is -0.391 e. The molecule has 3 nitrogen and oxygen atoms in total. The van der Waals surface area contributed by atoms with Gasteiger partial charge in [-0.15, -0.1) is 0 Å². The van der Waals surface area contributed by atoms with Gasteiger partial charge < -0.3 is 5.11 Å². The van der Waals surface area contributed by atoms with E-state index in [1.165, 1.54) is 0 Å².